The zero-order chi connectivity index (χ0) is 21.6. The Morgan fingerprint density at radius 3 is 2.33 bits per heavy atom. The molecule has 1 amide bonds. The molecule has 0 bridgehead atoms. The minimum absolute atomic E-state index is 0.142. The fourth-order valence-electron chi connectivity index (χ4n) is 2.84. The maximum absolute atomic E-state index is 12.0. The molecular weight excluding hydrogens is 380 g/mol. The van der Waals surface area contributed by atoms with Crippen LogP contribution in [0.25, 0.3) is 0 Å². The van der Waals surface area contributed by atoms with E-state index in [1.807, 2.05) is 19.1 Å². The number of unbranched alkanes of at least 4 members (excludes halogenated alkanes) is 1. The van der Waals surface area contributed by atoms with Crippen LogP contribution in [0.1, 0.15) is 35.7 Å². The van der Waals surface area contributed by atoms with Gasteiger partial charge in [0.15, 0.2) is 5.96 Å². The van der Waals surface area contributed by atoms with Crippen molar-refractivity contribution in [3.63, 3.8) is 0 Å². The van der Waals surface area contributed by atoms with E-state index in [1.54, 1.807) is 19.2 Å². The van der Waals surface area contributed by atoms with E-state index < -0.39 is 0 Å². The Morgan fingerprint density at radius 2 is 1.67 bits per heavy atom. The zero-order valence-corrected chi connectivity index (χ0v) is 17.8. The summed E-state index contributed by atoms with van der Waals surface area (Å²) in [5.41, 5.74) is 1.82. The Morgan fingerprint density at radius 1 is 0.967 bits per heavy atom. The molecule has 0 radical (unpaired) electrons. The number of nitrogens with one attached hydrogen (secondary N) is 3. The number of phenols is 1. The summed E-state index contributed by atoms with van der Waals surface area (Å²) in [7, 11) is 1.67. The number of aliphatic imine (C=N–C) groups is 1. The molecule has 0 aliphatic heterocycles. The number of aromatic hydroxyl groups is 1. The molecule has 2 rings (SSSR count). The third-order valence-electron chi connectivity index (χ3n) is 4.48. The molecule has 0 saturated heterocycles. The Bertz CT molecular complexity index is 789. The molecule has 0 aliphatic rings. The molecule has 0 fully saturated rings. The van der Waals surface area contributed by atoms with Crippen molar-refractivity contribution >= 4 is 11.9 Å². The van der Waals surface area contributed by atoms with Crippen molar-refractivity contribution in [2.45, 2.75) is 26.2 Å². The summed E-state index contributed by atoms with van der Waals surface area (Å²) in [6.07, 6.45) is 3.09. The summed E-state index contributed by atoms with van der Waals surface area (Å²) in [5.74, 6) is 1.60. The van der Waals surface area contributed by atoms with Crippen molar-refractivity contribution < 1.29 is 14.6 Å². The summed E-state index contributed by atoms with van der Waals surface area (Å²) in [4.78, 5) is 16.6. The van der Waals surface area contributed by atoms with Crippen LogP contribution < -0.4 is 20.7 Å². The molecule has 0 aromatic heterocycles. The quantitative estimate of drug-likeness (QED) is 0.259. The van der Waals surface area contributed by atoms with Gasteiger partial charge in [0.25, 0.3) is 5.91 Å². The number of phenolic OH excluding ortho intramolecular Hbond substituents is 1. The summed E-state index contributed by atoms with van der Waals surface area (Å²) in [6.45, 7) is 4.58. The van der Waals surface area contributed by atoms with E-state index in [0.717, 1.165) is 44.1 Å². The van der Waals surface area contributed by atoms with Crippen LogP contribution in [-0.4, -0.2) is 50.3 Å². The van der Waals surface area contributed by atoms with Crippen LogP contribution in [0.15, 0.2) is 53.5 Å². The van der Waals surface area contributed by atoms with Gasteiger partial charge in [-0.05, 0) is 68.1 Å². The third kappa shape index (κ3) is 8.43. The number of hydrogen-bond acceptors (Lipinski definition) is 4. The summed E-state index contributed by atoms with van der Waals surface area (Å²) >= 11 is 0. The van der Waals surface area contributed by atoms with E-state index in [1.165, 1.54) is 17.7 Å². The molecule has 30 heavy (non-hydrogen) atoms. The van der Waals surface area contributed by atoms with Gasteiger partial charge in [0.1, 0.15) is 11.5 Å². The normalized spacial score (nSPS) is 11.1. The summed E-state index contributed by atoms with van der Waals surface area (Å²) < 4.78 is 5.18. The second-order valence-electron chi connectivity index (χ2n) is 6.80. The fourth-order valence-corrected chi connectivity index (χ4v) is 2.84. The van der Waals surface area contributed by atoms with Gasteiger partial charge in [-0.1, -0.05) is 12.1 Å². The molecule has 2 aromatic carbocycles. The van der Waals surface area contributed by atoms with E-state index in [-0.39, 0.29) is 11.7 Å². The molecule has 7 heteroatoms. The van der Waals surface area contributed by atoms with Crippen molar-refractivity contribution in [3.8, 4) is 11.5 Å². The van der Waals surface area contributed by atoms with Crippen LogP contribution in [0.5, 0.6) is 11.5 Å². The topological polar surface area (TPSA) is 95.0 Å². The highest BCUT2D eigenvalue weighted by molar-refractivity contribution is 5.94. The van der Waals surface area contributed by atoms with Gasteiger partial charge in [-0.25, -0.2) is 0 Å². The molecule has 0 aliphatic carbocycles. The Balaban J connectivity index is 1.65. The Hall–Kier alpha value is -3.22. The highest BCUT2D eigenvalue weighted by Gasteiger charge is 2.04. The van der Waals surface area contributed by atoms with Gasteiger partial charge in [-0.2, -0.15) is 0 Å². The first-order valence-electron chi connectivity index (χ1n) is 10.3. The van der Waals surface area contributed by atoms with E-state index in [2.05, 4.69) is 33.1 Å². The number of methoxy groups -OCH3 is 1. The van der Waals surface area contributed by atoms with Gasteiger partial charge in [-0.3, -0.25) is 9.79 Å². The fraction of sp³-hybridized carbons (Fsp3) is 0.391. The average Bonchev–Trinajstić information content (AvgIpc) is 2.77. The van der Waals surface area contributed by atoms with Gasteiger partial charge < -0.3 is 25.8 Å². The maximum Gasteiger partial charge on any atom is 0.251 e. The van der Waals surface area contributed by atoms with Crippen LogP contribution in [-0.2, 0) is 6.42 Å². The number of carbonyl (C=O) groups excluding carboxylic acids is 1. The smallest absolute Gasteiger partial charge is 0.251 e. The lowest BCUT2D eigenvalue weighted by Crippen LogP contribution is -2.41. The predicted octanol–water partition coefficient (Wildman–Crippen LogP) is 2.71. The monoisotopic (exact) mass is 412 g/mol. The van der Waals surface area contributed by atoms with Gasteiger partial charge in [0.2, 0.25) is 0 Å². The van der Waals surface area contributed by atoms with Crippen molar-refractivity contribution in [1.29, 1.82) is 0 Å². The second-order valence-corrected chi connectivity index (χ2v) is 6.80. The molecule has 0 atom stereocenters. The minimum Gasteiger partial charge on any atom is -0.508 e. The number of rotatable bonds is 11. The van der Waals surface area contributed by atoms with E-state index >= 15 is 0 Å². The first-order chi connectivity index (χ1) is 14.6. The molecule has 7 nitrogen and oxygen atoms in total. The molecule has 162 valence electrons. The number of ether oxygens (including phenoxy) is 1. The van der Waals surface area contributed by atoms with E-state index in [4.69, 9.17) is 4.74 Å². The Labute approximate surface area is 178 Å². The number of hydrogen-bond donors (Lipinski definition) is 4. The van der Waals surface area contributed by atoms with Crippen molar-refractivity contribution in [1.82, 2.24) is 16.0 Å². The lowest BCUT2D eigenvalue weighted by atomic mass is 10.1. The van der Waals surface area contributed by atoms with Crippen LogP contribution in [0.2, 0.25) is 0 Å². The van der Waals surface area contributed by atoms with Gasteiger partial charge in [0, 0.05) is 31.7 Å². The SMILES string of the molecule is CCNC(=NCCCCc1ccc(OC)cc1)NCCNC(=O)c1ccc(O)cc1. The molecular formula is C23H32N4O3. The lowest BCUT2D eigenvalue weighted by Gasteiger charge is -2.12. The van der Waals surface area contributed by atoms with Crippen LogP contribution in [0, 0.1) is 0 Å². The predicted molar refractivity (Wildman–Crippen MR) is 120 cm³/mol. The third-order valence-corrected chi connectivity index (χ3v) is 4.48. The second kappa shape index (κ2) is 13.1. The molecule has 0 saturated carbocycles. The van der Waals surface area contributed by atoms with Gasteiger partial charge in [0.05, 0.1) is 7.11 Å². The van der Waals surface area contributed by atoms with E-state index in [0.29, 0.717) is 18.7 Å². The molecule has 0 heterocycles. The Kier molecular flexibility index (Phi) is 10.1. The van der Waals surface area contributed by atoms with Crippen molar-refractivity contribution in [2.75, 3.05) is 33.3 Å². The number of carbonyl (C=O) groups is 1. The first kappa shape index (κ1) is 23.1. The highest BCUT2D eigenvalue weighted by Crippen LogP contribution is 2.13. The zero-order valence-electron chi connectivity index (χ0n) is 17.8. The summed E-state index contributed by atoms with van der Waals surface area (Å²) in [6, 6.07) is 14.4. The molecule has 0 spiro atoms. The highest BCUT2D eigenvalue weighted by atomic mass is 16.5. The van der Waals surface area contributed by atoms with Crippen molar-refractivity contribution in [2.24, 2.45) is 4.99 Å². The molecule has 0 unspecified atom stereocenters. The summed E-state index contributed by atoms with van der Waals surface area (Å²) in [5, 5.41) is 18.6. The van der Waals surface area contributed by atoms with E-state index in [9.17, 15) is 9.90 Å². The maximum atomic E-state index is 12.0. The molecule has 2 aromatic rings. The van der Waals surface area contributed by atoms with Gasteiger partial charge in [-0.15, -0.1) is 0 Å². The van der Waals surface area contributed by atoms with Crippen LogP contribution in [0.4, 0.5) is 0 Å². The van der Waals surface area contributed by atoms with Gasteiger partial charge >= 0.3 is 0 Å². The lowest BCUT2D eigenvalue weighted by molar-refractivity contribution is 0.0954. The number of amides is 1. The van der Waals surface area contributed by atoms with Crippen molar-refractivity contribution in [3.05, 3.63) is 59.7 Å². The first-order valence-corrected chi connectivity index (χ1v) is 10.3. The standard InChI is InChI=1S/C23H32N4O3/c1-3-24-23(26-15-5-4-6-18-7-13-21(30-2)14-8-18)27-17-16-25-22(29)19-9-11-20(28)12-10-19/h7-14,28H,3-6,15-17H2,1-2H3,(H,25,29)(H2,24,26,27). The minimum atomic E-state index is -0.169. The van der Waals surface area contributed by atoms with Crippen LogP contribution in [0.3, 0.4) is 0 Å². The number of benzene rings is 2. The largest absolute Gasteiger partial charge is 0.508 e. The number of nitrogens with zero attached hydrogens (tertiary/aromatic N) is 1. The molecule has 4 N–H and O–H groups in total. The number of guanidine groups is 1. The van der Waals surface area contributed by atoms with Crippen LogP contribution >= 0.6 is 0 Å². The number of aryl methyl sites for hydroxylation is 1. The average molecular weight is 413 g/mol.